The maximum atomic E-state index is 12.5. The van der Waals surface area contributed by atoms with Crippen LogP contribution in [-0.4, -0.2) is 29.6 Å². The van der Waals surface area contributed by atoms with E-state index in [1.807, 2.05) is 12.1 Å². The number of nitrogens with one attached hydrogen (secondary N) is 2. The summed E-state index contributed by atoms with van der Waals surface area (Å²) in [5.74, 6) is 0.618. The van der Waals surface area contributed by atoms with Crippen molar-refractivity contribution in [2.75, 3.05) is 25.0 Å². The first-order chi connectivity index (χ1) is 11.8. The molecule has 0 radical (unpaired) electrons. The maximum Gasteiger partial charge on any atom is 0.419 e. The highest BCUT2D eigenvalue weighted by Gasteiger charge is 2.32. The molecule has 134 valence electrons. The number of hydrogen-bond acceptors (Lipinski definition) is 4. The Labute approximate surface area is 152 Å². The number of anilines is 1. The average molecular weight is 391 g/mol. The second-order valence-electron chi connectivity index (χ2n) is 5.87. The Kier molecular flexibility index (Phi) is 5.36. The third kappa shape index (κ3) is 4.34. The Morgan fingerprint density at radius 3 is 2.48 bits per heavy atom. The zero-order valence-corrected chi connectivity index (χ0v) is 14.5. The van der Waals surface area contributed by atoms with Crippen LogP contribution in [0.5, 0.6) is 0 Å². The molecule has 1 saturated heterocycles. The zero-order valence-electron chi connectivity index (χ0n) is 12.9. The van der Waals surface area contributed by atoms with E-state index in [0.717, 1.165) is 31.0 Å². The zero-order chi connectivity index (χ0) is 18.0. The lowest BCUT2D eigenvalue weighted by molar-refractivity contribution is -0.138. The minimum absolute atomic E-state index is 0.174. The van der Waals surface area contributed by atoms with Crippen LogP contribution < -0.4 is 10.6 Å². The van der Waals surface area contributed by atoms with E-state index >= 15 is 0 Å². The van der Waals surface area contributed by atoms with Crippen LogP contribution in [0, 0.1) is 5.92 Å². The fourth-order valence-corrected chi connectivity index (χ4v) is 3.18. The predicted molar refractivity (Wildman–Crippen MR) is 91.1 cm³/mol. The number of alkyl halides is 3. The van der Waals surface area contributed by atoms with Gasteiger partial charge in [0, 0.05) is 37.9 Å². The Morgan fingerprint density at radius 2 is 1.84 bits per heavy atom. The van der Waals surface area contributed by atoms with E-state index < -0.39 is 11.7 Å². The first-order valence-corrected chi connectivity index (χ1v) is 8.39. The van der Waals surface area contributed by atoms with Crippen molar-refractivity contribution in [3.05, 3.63) is 51.8 Å². The summed E-state index contributed by atoms with van der Waals surface area (Å²) in [5, 5.41) is 7.32. The van der Waals surface area contributed by atoms with Gasteiger partial charge < -0.3 is 10.6 Å². The van der Waals surface area contributed by atoms with Crippen LogP contribution in [-0.2, 0) is 6.18 Å². The van der Waals surface area contributed by atoms with Gasteiger partial charge in [0.1, 0.15) is 0 Å². The standard InChI is InChI=1S/C16H15Cl2F3N4/c17-13-2-1-9(3-14(13)18)12-8-22-4-10(12)5-23-15-24-6-11(7-25-15)16(19,20)21/h1-3,6-7,10,12,22H,4-5,8H2,(H,23,24,25)/t10-,12-/m1/s1. The molecule has 2 atom stereocenters. The highest BCUT2D eigenvalue weighted by Crippen LogP contribution is 2.32. The van der Waals surface area contributed by atoms with Crippen molar-refractivity contribution in [1.29, 1.82) is 0 Å². The molecule has 0 aliphatic carbocycles. The van der Waals surface area contributed by atoms with Crippen molar-refractivity contribution in [1.82, 2.24) is 15.3 Å². The summed E-state index contributed by atoms with van der Waals surface area (Å²) in [6.07, 6.45) is -2.88. The van der Waals surface area contributed by atoms with Gasteiger partial charge in [0.25, 0.3) is 0 Å². The normalized spacial score (nSPS) is 20.7. The molecular weight excluding hydrogens is 376 g/mol. The van der Waals surface area contributed by atoms with Gasteiger partial charge in [-0.05, 0) is 23.6 Å². The number of hydrogen-bond donors (Lipinski definition) is 2. The molecular formula is C16H15Cl2F3N4. The monoisotopic (exact) mass is 390 g/mol. The van der Waals surface area contributed by atoms with Crippen LogP contribution >= 0.6 is 23.2 Å². The fourth-order valence-electron chi connectivity index (χ4n) is 2.87. The third-order valence-electron chi connectivity index (χ3n) is 4.21. The molecule has 0 unspecified atom stereocenters. The Balaban J connectivity index is 1.65. The quantitative estimate of drug-likeness (QED) is 0.820. The topological polar surface area (TPSA) is 49.8 Å². The third-order valence-corrected chi connectivity index (χ3v) is 4.95. The molecule has 9 heteroatoms. The smallest absolute Gasteiger partial charge is 0.354 e. The molecule has 1 aliphatic rings. The van der Waals surface area contributed by atoms with Gasteiger partial charge >= 0.3 is 6.18 Å². The van der Waals surface area contributed by atoms with Crippen molar-refractivity contribution in [2.24, 2.45) is 5.92 Å². The molecule has 2 heterocycles. The number of halogens is 5. The second-order valence-corrected chi connectivity index (χ2v) is 6.69. The van der Waals surface area contributed by atoms with Gasteiger partial charge in [-0.3, -0.25) is 0 Å². The van der Waals surface area contributed by atoms with Crippen LogP contribution in [0.2, 0.25) is 10.0 Å². The molecule has 3 rings (SSSR count). The van der Waals surface area contributed by atoms with E-state index in [1.165, 1.54) is 0 Å². The Morgan fingerprint density at radius 1 is 1.12 bits per heavy atom. The first kappa shape index (κ1) is 18.2. The summed E-state index contributed by atoms with van der Waals surface area (Å²) in [6.45, 7) is 2.10. The summed E-state index contributed by atoms with van der Waals surface area (Å²) >= 11 is 12.0. The Hall–Kier alpha value is -1.57. The van der Waals surface area contributed by atoms with Gasteiger partial charge in [-0.15, -0.1) is 0 Å². The molecule has 4 nitrogen and oxygen atoms in total. The summed E-state index contributed by atoms with van der Waals surface area (Å²) in [7, 11) is 0. The minimum atomic E-state index is -4.44. The van der Waals surface area contributed by atoms with Crippen LogP contribution in [0.15, 0.2) is 30.6 Å². The average Bonchev–Trinajstić information content (AvgIpc) is 3.03. The molecule has 0 saturated carbocycles. The largest absolute Gasteiger partial charge is 0.419 e. The first-order valence-electron chi connectivity index (χ1n) is 7.63. The molecule has 25 heavy (non-hydrogen) atoms. The SMILES string of the molecule is FC(F)(F)c1cnc(NC[C@H]2CNC[C@@H]2c2ccc(Cl)c(Cl)c2)nc1. The van der Waals surface area contributed by atoms with Crippen molar-refractivity contribution in [3.63, 3.8) is 0 Å². The molecule has 1 fully saturated rings. The van der Waals surface area contributed by atoms with E-state index in [1.54, 1.807) is 6.07 Å². The van der Waals surface area contributed by atoms with Crippen LogP contribution in [0.3, 0.4) is 0 Å². The van der Waals surface area contributed by atoms with Crippen LogP contribution in [0.4, 0.5) is 19.1 Å². The van der Waals surface area contributed by atoms with Gasteiger partial charge in [0.15, 0.2) is 0 Å². The van der Waals surface area contributed by atoms with E-state index in [4.69, 9.17) is 23.2 Å². The van der Waals surface area contributed by atoms with E-state index in [2.05, 4.69) is 20.6 Å². The summed E-state index contributed by atoms with van der Waals surface area (Å²) in [5.41, 5.74) is 0.203. The molecule has 0 spiro atoms. The lowest BCUT2D eigenvalue weighted by Crippen LogP contribution is -2.22. The predicted octanol–water partition coefficient (Wildman–Crippen LogP) is 4.22. The Bertz CT molecular complexity index is 737. The number of rotatable bonds is 4. The number of benzene rings is 1. The molecule has 1 aliphatic heterocycles. The van der Waals surface area contributed by atoms with Crippen molar-refractivity contribution in [2.45, 2.75) is 12.1 Å². The molecule has 1 aromatic heterocycles. The van der Waals surface area contributed by atoms with Gasteiger partial charge in [-0.1, -0.05) is 29.3 Å². The van der Waals surface area contributed by atoms with E-state index in [-0.39, 0.29) is 17.8 Å². The summed E-state index contributed by atoms with van der Waals surface area (Å²) < 4.78 is 37.6. The van der Waals surface area contributed by atoms with Crippen molar-refractivity contribution in [3.8, 4) is 0 Å². The molecule has 1 aromatic carbocycles. The molecule has 2 N–H and O–H groups in total. The molecule has 0 amide bonds. The molecule has 2 aromatic rings. The lowest BCUT2D eigenvalue weighted by atomic mass is 9.89. The van der Waals surface area contributed by atoms with E-state index in [9.17, 15) is 13.2 Å². The van der Waals surface area contributed by atoms with Crippen molar-refractivity contribution < 1.29 is 13.2 Å². The molecule has 0 bridgehead atoms. The summed E-state index contributed by atoms with van der Waals surface area (Å²) in [4.78, 5) is 7.46. The lowest BCUT2D eigenvalue weighted by Gasteiger charge is -2.20. The van der Waals surface area contributed by atoms with E-state index in [0.29, 0.717) is 16.6 Å². The highest BCUT2D eigenvalue weighted by atomic mass is 35.5. The highest BCUT2D eigenvalue weighted by molar-refractivity contribution is 6.42. The fraction of sp³-hybridized carbons (Fsp3) is 0.375. The van der Waals surface area contributed by atoms with Gasteiger partial charge in [-0.2, -0.15) is 13.2 Å². The van der Waals surface area contributed by atoms with Gasteiger partial charge in [-0.25, -0.2) is 9.97 Å². The second kappa shape index (κ2) is 7.35. The van der Waals surface area contributed by atoms with Gasteiger partial charge in [0.2, 0.25) is 5.95 Å². The number of nitrogens with zero attached hydrogens (tertiary/aromatic N) is 2. The summed E-state index contributed by atoms with van der Waals surface area (Å²) in [6, 6.07) is 5.55. The van der Waals surface area contributed by atoms with Crippen LogP contribution in [0.25, 0.3) is 0 Å². The number of aromatic nitrogens is 2. The van der Waals surface area contributed by atoms with Crippen molar-refractivity contribution >= 4 is 29.2 Å². The van der Waals surface area contributed by atoms with Crippen LogP contribution in [0.1, 0.15) is 17.0 Å². The minimum Gasteiger partial charge on any atom is -0.354 e. The van der Waals surface area contributed by atoms with Gasteiger partial charge in [0.05, 0.1) is 15.6 Å². The maximum absolute atomic E-state index is 12.5.